The fraction of sp³-hybridized carbons (Fsp3) is 0.0741. The Kier molecular flexibility index (Phi) is 5.30. The molecule has 1 N–H and O–H groups in total. The number of amides is 4. The number of fused-ring (bicyclic) bond motifs is 1. The Morgan fingerprint density at radius 2 is 1.62 bits per heavy atom. The van der Waals surface area contributed by atoms with Crippen molar-refractivity contribution in [2.45, 2.75) is 13.5 Å². The maximum atomic E-state index is 14.3. The highest BCUT2D eigenvalue weighted by atomic mass is 19.1. The van der Waals surface area contributed by atoms with E-state index in [1.165, 1.54) is 12.1 Å². The van der Waals surface area contributed by atoms with E-state index in [1.807, 2.05) is 35.8 Å². The number of imide groups is 2. The minimum absolute atomic E-state index is 0.158. The first kappa shape index (κ1) is 21.3. The van der Waals surface area contributed by atoms with E-state index >= 15 is 0 Å². The molecule has 1 aliphatic heterocycles. The largest absolute Gasteiger partial charge is 0.342 e. The number of halogens is 1. The number of nitrogens with one attached hydrogen (secondary N) is 1. The molecule has 5 rings (SSSR count). The van der Waals surface area contributed by atoms with Crippen molar-refractivity contribution in [2.24, 2.45) is 0 Å². The molecule has 0 radical (unpaired) electrons. The van der Waals surface area contributed by atoms with E-state index < -0.39 is 17.8 Å². The topological polar surface area (TPSA) is 71.4 Å². The zero-order valence-electron chi connectivity index (χ0n) is 18.3. The molecule has 1 aliphatic rings. The monoisotopic (exact) mass is 453 g/mol. The summed E-state index contributed by atoms with van der Waals surface area (Å²) in [6, 6.07) is 20.1. The van der Waals surface area contributed by atoms with E-state index in [-0.39, 0.29) is 17.9 Å². The third kappa shape index (κ3) is 3.77. The van der Waals surface area contributed by atoms with Crippen LogP contribution in [0, 0.1) is 12.7 Å². The van der Waals surface area contributed by atoms with Gasteiger partial charge in [0.1, 0.15) is 11.4 Å². The number of hydrogen-bond acceptors (Lipinski definition) is 3. The highest BCUT2D eigenvalue weighted by Gasteiger charge is 2.37. The number of carbonyl (C=O) groups excluding carboxylic acids is 3. The number of aromatic nitrogens is 1. The van der Waals surface area contributed by atoms with E-state index in [1.54, 1.807) is 48.7 Å². The van der Waals surface area contributed by atoms with Gasteiger partial charge in [-0.05, 0) is 37.3 Å². The smallest absolute Gasteiger partial charge is 0.335 e. The van der Waals surface area contributed by atoms with Crippen molar-refractivity contribution < 1.29 is 18.8 Å². The van der Waals surface area contributed by atoms with Crippen molar-refractivity contribution in [1.82, 2.24) is 9.88 Å². The van der Waals surface area contributed by atoms with Crippen LogP contribution in [0.3, 0.4) is 0 Å². The third-order valence-electron chi connectivity index (χ3n) is 5.81. The first-order chi connectivity index (χ1) is 16.4. The van der Waals surface area contributed by atoms with E-state index in [4.69, 9.17) is 0 Å². The molecule has 1 aromatic heterocycles. The average molecular weight is 453 g/mol. The Morgan fingerprint density at radius 3 is 2.38 bits per heavy atom. The molecular weight excluding hydrogens is 433 g/mol. The van der Waals surface area contributed by atoms with Crippen molar-refractivity contribution in [1.29, 1.82) is 0 Å². The Balaban J connectivity index is 1.57. The second-order valence-electron chi connectivity index (χ2n) is 8.11. The van der Waals surface area contributed by atoms with E-state index in [0.717, 1.165) is 21.4 Å². The Labute approximate surface area is 194 Å². The van der Waals surface area contributed by atoms with Crippen LogP contribution in [0.2, 0.25) is 0 Å². The maximum Gasteiger partial charge on any atom is 0.335 e. The molecule has 0 spiro atoms. The van der Waals surface area contributed by atoms with Gasteiger partial charge in [-0.2, -0.15) is 0 Å². The molecule has 0 bridgehead atoms. The molecule has 3 aromatic carbocycles. The van der Waals surface area contributed by atoms with Crippen molar-refractivity contribution in [3.63, 3.8) is 0 Å². The van der Waals surface area contributed by atoms with Gasteiger partial charge in [0.15, 0.2) is 0 Å². The molecule has 2 heterocycles. The van der Waals surface area contributed by atoms with Crippen molar-refractivity contribution in [3.8, 4) is 0 Å². The molecule has 168 valence electrons. The van der Waals surface area contributed by atoms with E-state index in [9.17, 15) is 18.8 Å². The molecule has 1 saturated heterocycles. The maximum absolute atomic E-state index is 14.3. The summed E-state index contributed by atoms with van der Waals surface area (Å²) in [6.07, 6.45) is 3.25. The van der Waals surface area contributed by atoms with Gasteiger partial charge in [0.25, 0.3) is 11.8 Å². The number of benzene rings is 3. The zero-order chi connectivity index (χ0) is 23.8. The van der Waals surface area contributed by atoms with Crippen molar-refractivity contribution in [2.75, 3.05) is 4.90 Å². The van der Waals surface area contributed by atoms with Gasteiger partial charge < -0.3 is 4.57 Å². The average Bonchev–Trinajstić information content (AvgIpc) is 3.16. The Hall–Kier alpha value is -4.52. The SMILES string of the molecule is Cc1ccc(N2C(=O)NC(=O)C(=Cc3cn(Cc4ccccc4F)c4ccccc34)C2=O)cc1. The Bertz CT molecular complexity index is 1480. The number of barbiturate groups is 1. The van der Waals surface area contributed by atoms with Gasteiger partial charge in [-0.3, -0.25) is 14.9 Å². The molecule has 34 heavy (non-hydrogen) atoms. The molecule has 0 saturated carbocycles. The van der Waals surface area contributed by atoms with Crippen molar-refractivity contribution in [3.05, 3.63) is 107 Å². The van der Waals surface area contributed by atoms with Crippen LogP contribution in [0.15, 0.2) is 84.6 Å². The van der Waals surface area contributed by atoms with Crippen LogP contribution in [-0.2, 0) is 16.1 Å². The second kappa shape index (κ2) is 8.44. The normalized spacial score (nSPS) is 15.3. The molecule has 1 fully saturated rings. The summed E-state index contributed by atoms with van der Waals surface area (Å²) >= 11 is 0. The summed E-state index contributed by atoms with van der Waals surface area (Å²) in [5, 5.41) is 3.04. The number of para-hydroxylation sites is 1. The van der Waals surface area contributed by atoms with Gasteiger partial charge in [0.2, 0.25) is 0 Å². The Morgan fingerprint density at radius 1 is 0.912 bits per heavy atom. The van der Waals surface area contributed by atoms with Gasteiger partial charge in [-0.25, -0.2) is 14.1 Å². The summed E-state index contributed by atoms with van der Waals surface area (Å²) in [4.78, 5) is 39.3. The highest BCUT2D eigenvalue weighted by Crippen LogP contribution is 2.27. The lowest BCUT2D eigenvalue weighted by molar-refractivity contribution is -0.122. The summed E-state index contributed by atoms with van der Waals surface area (Å²) in [6.45, 7) is 2.18. The van der Waals surface area contributed by atoms with Crippen LogP contribution in [-0.4, -0.2) is 22.4 Å². The predicted molar refractivity (Wildman–Crippen MR) is 128 cm³/mol. The van der Waals surface area contributed by atoms with Crippen molar-refractivity contribution >= 4 is 40.5 Å². The van der Waals surface area contributed by atoms with Crippen LogP contribution in [0.5, 0.6) is 0 Å². The minimum Gasteiger partial charge on any atom is -0.342 e. The zero-order valence-corrected chi connectivity index (χ0v) is 18.3. The predicted octanol–water partition coefficient (Wildman–Crippen LogP) is 4.80. The fourth-order valence-corrected chi connectivity index (χ4v) is 4.07. The van der Waals surface area contributed by atoms with Gasteiger partial charge in [0.05, 0.1) is 12.2 Å². The lowest BCUT2D eigenvalue weighted by Gasteiger charge is -2.26. The second-order valence-corrected chi connectivity index (χ2v) is 8.11. The summed E-state index contributed by atoms with van der Waals surface area (Å²) in [5.74, 6) is -1.78. The van der Waals surface area contributed by atoms with Crippen LogP contribution < -0.4 is 10.2 Å². The van der Waals surface area contributed by atoms with Gasteiger partial charge in [-0.15, -0.1) is 0 Å². The number of carbonyl (C=O) groups is 3. The van der Waals surface area contributed by atoms with Gasteiger partial charge >= 0.3 is 6.03 Å². The van der Waals surface area contributed by atoms with Crippen LogP contribution in [0.1, 0.15) is 16.7 Å². The van der Waals surface area contributed by atoms with Crippen LogP contribution in [0.4, 0.5) is 14.9 Å². The summed E-state index contributed by atoms with van der Waals surface area (Å²) in [5.41, 5.74) is 3.15. The molecule has 0 unspecified atom stereocenters. The van der Waals surface area contributed by atoms with Gasteiger partial charge in [0, 0.05) is 28.2 Å². The number of rotatable bonds is 4. The number of urea groups is 1. The number of hydrogen-bond donors (Lipinski definition) is 1. The van der Waals surface area contributed by atoms with Crippen LogP contribution >= 0.6 is 0 Å². The highest BCUT2D eigenvalue weighted by molar-refractivity contribution is 6.39. The molecule has 4 amide bonds. The minimum atomic E-state index is -0.794. The number of aryl methyl sites for hydroxylation is 1. The standard InChI is InChI=1S/C27H20FN3O3/c1-17-10-12-20(13-11-17)31-26(33)22(25(32)29-27(31)34)14-19-16-30(24-9-5-3-7-21(19)24)15-18-6-2-4-8-23(18)28/h2-14,16H,15H2,1H3,(H,29,32,34). The van der Waals surface area contributed by atoms with E-state index in [2.05, 4.69) is 5.32 Å². The molecule has 4 aromatic rings. The summed E-state index contributed by atoms with van der Waals surface area (Å²) < 4.78 is 16.1. The van der Waals surface area contributed by atoms with E-state index in [0.29, 0.717) is 16.8 Å². The lowest BCUT2D eigenvalue weighted by Crippen LogP contribution is -2.54. The molecular formula is C27H20FN3O3. The van der Waals surface area contributed by atoms with Gasteiger partial charge in [-0.1, -0.05) is 54.1 Å². The fourth-order valence-electron chi connectivity index (χ4n) is 4.07. The molecule has 6 nitrogen and oxygen atoms in total. The molecule has 0 aliphatic carbocycles. The lowest BCUT2D eigenvalue weighted by atomic mass is 10.1. The molecule has 7 heteroatoms. The molecule has 0 atom stereocenters. The quantitative estimate of drug-likeness (QED) is 0.356. The number of nitrogens with zero attached hydrogens (tertiary/aromatic N) is 2. The first-order valence-corrected chi connectivity index (χ1v) is 10.7. The number of anilines is 1. The third-order valence-corrected chi connectivity index (χ3v) is 5.81. The summed E-state index contributed by atoms with van der Waals surface area (Å²) in [7, 11) is 0. The van der Waals surface area contributed by atoms with Crippen LogP contribution in [0.25, 0.3) is 17.0 Å². The first-order valence-electron chi connectivity index (χ1n) is 10.7.